The highest BCUT2D eigenvalue weighted by atomic mass is 16.3. The summed E-state index contributed by atoms with van der Waals surface area (Å²) >= 11 is 0. The summed E-state index contributed by atoms with van der Waals surface area (Å²) < 4.78 is 6.47. The first-order valence-electron chi connectivity index (χ1n) is 17.1. The largest absolute Gasteiger partial charge is 0.456 e. The second-order valence-corrected chi connectivity index (χ2v) is 12.8. The Morgan fingerprint density at radius 2 is 0.902 bits per heavy atom. The Hall–Kier alpha value is -6.91. The molecule has 0 atom stereocenters. The van der Waals surface area contributed by atoms with E-state index in [-0.39, 0.29) is 0 Å². The Bertz CT molecular complexity index is 2910. The highest BCUT2D eigenvalue weighted by molar-refractivity contribution is 6.23. The maximum Gasteiger partial charge on any atom is 0.164 e. The molecule has 0 bridgehead atoms. The minimum atomic E-state index is 0.619. The molecule has 10 rings (SSSR count). The Kier molecular flexibility index (Phi) is 6.78. The van der Waals surface area contributed by atoms with Crippen molar-refractivity contribution in [1.82, 2.24) is 15.0 Å². The van der Waals surface area contributed by atoms with Gasteiger partial charge in [-0.2, -0.15) is 0 Å². The topological polar surface area (TPSA) is 51.8 Å². The normalized spacial score (nSPS) is 11.5. The molecule has 0 unspecified atom stereocenters. The van der Waals surface area contributed by atoms with E-state index in [0.717, 1.165) is 66.3 Å². The van der Waals surface area contributed by atoms with Crippen molar-refractivity contribution in [2.75, 3.05) is 0 Å². The van der Waals surface area contributed by atoms with Crippen LogP contribution in [-0.2, 0) is 0 Å². The third kappa shape index (κ3) is 5.04. The van der Waals surface area contributed by atoms with Crippen molar-refractivity contribution in [1.29, 1.82) is 0 Å². The van der Waals surface area contributed by atoms with Gasteiger partial charge in [-0.25, -0.2) is 15.0 Å². The van der Waals surface area contributed by atoms with Crippen LogP contribution in [0.5, 0.6) is 0 Å². The van der Waals surface area contributed by atoms with E-state index in [1.807, 2.05) is 30.3 Å². The van der Waals surface area contributed by atoms with E-state index < -0.39 is 0 Å². The van der Waals surface area contributed by atoms with Crippen molar-refractivity contribution in [3.63, 3.8) is 0 Å². The first kappa shape index (κ1) is 29.0. The van der Waals surface area contributed by atoms with Gasteiger partial charge in [0.25, 0.3) is 0 Å². The summed E-state index contributed by atoms with van der Waals surface area (Å²) in [7, 11) is 0. The third-order valence-corrected chi connectivity index (χ3v) is 9.71. The zero-order chi connectivity index (χ0) is 33.7. The van der Waals surface area contributed by atoms with Crippen molar-refractivity contribution in [2.24, 2.45) is 0 Å². The molecular weight excluding hydrogens is 623 g/mol. The van der Waals surface area contributed by atoms with E-state index in [0.29, 0.717) is 17.5 Å². The molecule has 0 aliphatic heterocycles. The molecule has 0 saturated carbocycles. The van der Waals surface area contributed by atoms with Crippen LogP contribution >= 0.6 is 0 Å². The Morgan fingerprint density at radius 1 is 0.314 bits per heavy atom. The van der Waals surface area contributed by atoms with Gasteiger partial charge in [-0.05, 0) is 68.1 Å². The Labute approximate surface area is 294 Å². The number of hydrogen-bond donors (Lipinski definition) is 0. The lowest BCUT2D eigenvalue weighted by molar-refractivity contribution is 0.669. The lowest BCUT2D eigenvalue weighted by Crippen LogP contribution is -2.00. The average molecular weight is 652 g/mol. The van der Waals surface area contributed by atoms with Crippen LogP contribution in [0.15, 0.2) is 180 Å². The molecule has 4 heteroatoms. The van der Waals surface area contributed by atoms with Gasteiger partial charge in [0.15, 0.2) is 17.5 Å². The minimum absolute atomic E-state index is 0.619. The molecule has 0 saturated heterocycles. The lowest BCUT2D eigenvalue weighted by atomic mass is 9.90. The van der Waals surface area contributed by atoms with Gasteiger partial charge in [-0.3, -0.25) is 0 Å². The molecule has 8 aromatic carbocycles. The fourth-order valence-corrected chi connectivity index (χ4v) is 7.27. The van der Waals surface area contributed by atoms with Crippen LogP contribution in [0.2, 0.25) is 0 Å². The maximum absolute atomic E-state index is 6.47. The van der Waals surface area contributed by atoms with Gasteiger partial charge in [0.05, 0.1) is 0 Å². The minimum Gasteiger partial charge on any atom is -0.456 e. The predicted molar refractivity (Wildman–Crippen MR) is 209 cm³/mol. The molecular formula is C47H29N3O. The van der Waals surface area contributed by atoms with Crippen LogP contribution < -0.4 is 0 Å². The van der Waals surface area contributed by atoms with Crippen LogP contribution in [0.4, 0.5) is 0 Å². The SMILES string of the molecule is c1ccc(-c2nc(-c3ccc(-c4cccc5oc6ccc7ccccc7c6c45)c(-c4ccccc4)c3)nc(-c3ccc4ccccc4c3)n2)cc1. The zero-order valence-corrected chi connectivity index (χ0v) is 27.5. The molecule has 0 spiro atoms. The van der Waals surface area contributed by atoms with E-state index in [2.05, 4.69) is 146 Å². The lowest BCUT2D eigenvalue weighted by Gasteiger charge is -2.15. The second kappa shape index (κ2) is 11.9. The average Bonchev–Trinajstić information content (AvgIpc) is 3.61. The van der Waals surface area contributed by atoms with Crippen LogP contribution in [0.25, 0.3) is 99.9 Å². The van der Waals surface area contributed by atoms with Crippen molar-refractivity contribution < 1.29 is 4.42 Å². The number of hydrogen-bond acceptors (Lipinski definition) is 4. The summed E-state index contributed by atoms with van der Waals surface area (Å²) in [6, 6.07) is 61.0. The van der Waals surface area contributed by atoms with E-state index in [9.17, 15) is 0 Å². The summed E-state index contributed by atoms with van der Waals surface area (Å²) in [4.78, 5) is 15.2. The number of aromatic nitrogens is 3. The van der Waals surface area contributed by atoms with Crippen LogP contribution in [0.3, 0.4) is 0 Å². The zero-order valence-electron chi connectivity index (χ0n) is 27.5. The summed E-state index contributed by atoms with van der Waals surface area (Å²) in [6.07, 6.45) is 0. The molecule has 2 heterocycles. The van der Waals surface area contributed by atoms with E-state index >= 15 is 0 Å². The van der Waals surface area contributed by atoms with Crippen molar-refractivity contribution in [2.45, 2.75) is 0 Å². The summed E-state index contributed by atoms with van der Waals surface area (Å²) in [5.41, 5.74) is 8.97. The Morgan fingerprint density at radius 3 is 1.69 bits per heavy atom. The number of nitrogens with zero attached hydrogens (tertiary/aromatic N) is 3. The molecule has 0 aliphatic carbocycles. The molecule has 10 aromatic rings. The molecule has 51 heavy (non-hydrogen) atoms. The van der Waals surface area contributed by atoms with Crippen LogP contribution in [0.1, 0.15) is 0 Å². The summed E-state index contributed by atoms with van der Waals surface area (Å²) in [6.45, 7) is 0. The van der Waals surface area contributed by atoms with Crippen LogP contribution in [-0.4, -0.2) is 15.0 Å². The van der Waals surface area contributed by atoms with Crippen molar-refractivity contribution in [3.05, 3.63) is 176 Å². The van der Waals surface area contributed by atoms with Crippen molar-refractivity contribution in [3.8, 4) is 56.4 Å². The second-order valence-electron chi connectivity index (χ2n) is 12.8. The molecule has 0 N–H and O–H groups in total. The number of rotatable bonds is 5. The monoisotopic (exact) mass is 651 g/mol. The smallest absolute Gasteiger partial charge is 0.164 e. The van der Waals surface area contributed by atoms with Gasteiger partial charge >= 0.3 is 0 Å². The molecule has 4 nitrogen and oxygen atoms in total. The molecule has 0 amide bonds. The first-order valence-corrected chi connectivity index (χ1v) is 17.1. The van der Waals surface area contributed by atoms with Gasteiger partial charge in [0, 0.05) is 27.5 Å². The van der Waals surface area contributed by atoms with Crippen LogP contribution in [0, 0.1) is 0 Å². The first-order chi connectivity index (χ1) is 25.3. The summed E-state index contributed by atoms with van der Waals surface area (Å²) in [5.74, 6) is 1.89. The van der Waals surface area contributed by atoms with Crippen molar-refractivity contribution >= 4 is 43.5 Å². The fraction of sp³-hybridized carbons (Fsp3) is 0. The van der Waals surface area contributed by atoms with Gasteiger partial charge in [0.2, 0.25) is 0 Å². The molecule has 0 fully saturated rings. The maximum atomic E-state index is 6.47. The quantitative estimate of drug-likeness (QED) is 0.186. The highest BCUT2D eigenvalue weighted by Gasteiger charge is 2.19. The molecule has 238 valence electrons. The standard InChI is InChI=1S/C47H29N3O/c1-3-13-31(14-4-1)40-29-36(24-26-38(40)39-20-11-21-41-44(39)43-37-19-10-9-15-32(37)25-27-42(43)51-41)47-49-45(33-16-5-2-6-17-33)48-46(50-47)35-23-22-30-12-7-8-18-34(30)28-35/h1-29H. The summed E-state index contributed by atoms with van der Waals surface area (Å²) in [5, 5.41) is 6.93. The number of furan rings is 1. The van der Waals surface area contributed by atoms with E-state index in [1.54, 1.807) is 0 Å². The third-order valence-electron chi connectivity index (χ3n) is 9.71. The van der Waals surface area contributed by atoms with Gasteiger partial charge in [-0.15, -0.1) is 0 Å². The van der Waals surface area contributed by atoms with E-state index in [1.165, 1.54) is 16.2 Å². The molecule has 0 radical (unpaired) electrons. The van der Waals surface area contributed by atoms with Gasteiger partial charge in [0.1, 0.15) is 11.2 Å². The predicted octanol–water partition coefficient (Wildman–Crippen LogP) is 12.4. The van der Waals surface area contributed by atoms with Gasteiger partial charge < -0.3 is 4.42 Å². The highest BCUT2D eigenvalue weighted by Crippen LogP contribution is 2.44. The molecule has 0 aliphatic rings. The fourth-order valence-electron chi connectivity index (χ4n) is 7.27. The Balaban J connectivity index is 1.21. The van der Waals surface area contributed by atoms with Gasteiger partial charge in [-0.1, -0.05) is 152 Å². The van der Waals surface area contributed by atoms with E-state index in [4.69, 9.17) is 19.4 Å². The number of fused-ring (bicyclic) bond motifs is 6. The molecule has 2 aromatic heterocycles. The number of benzene rings is 8.